The Labute approximate surface area is 117 Å². The van der Waals surface area contributed by atoms with Crippen LogP contribution in [0.3, 0.4) is 0 Å². The van der Waals surface area contributed by atoms with Gasteiger partial charge >= 0.3 is 5.97 Å². The summed E-state index contributed by atoms with van der Waals surface area (Å²) in [6.07, 6.45) is 0.0950. The molecule has 0 atom stereocenters. The molecule has 20 heavy (non-hydrogen) atoms. The van der Waals surface area contributed by atoms with Crippen molar-refractivity contribution in [2.75, 3.05) is 0 Å². The second-order valence-corrected chi connectivity index (χ2v) is 4.49. The van der Waals surface area contributed by atoms with Gasteiger partial charge in [0.05, 0.1) is 12.1 Å². The van der Waals surface area contributed by atoms with Gasteiger partial charge in [0, 0.05) is 24.1 Å². The molecular formula is C16H15NO3. The molecule has 0 saturated heterocycles. The number of nitrogens with zero attached hydrogens (tertiary/aromatic N) is 1. The van der Waals surface area contributed by atoms with Crippen molar-refractivity contribution in [3.8, 4) is 11.3 Å². The highest BCUT2D eigenvalue weighted by molar-refractivity contribution is 5.84. The molecule has 102 valence electrons. The molecule has 1 N–H and O–H groups in total. The van der Waals surface area contributed by atoms with Crippen LogP contribution in [0.15, 0.2) is 48.5 Å². The Morgan fingerprint density at radius 2 is 1.70 bits per heavy atom. The summed E-state index contributed by atoms with van der Waals surface area (Å²) in [5.74, 6) is -1.06. The summed E-state index contributed by atoms with van der Waals surface area (Å²) in [4.78, 5) is 26.5. The molecule has 4 heteroatoms. The normalized spacial score (nSPS) is 10.2. The SMILES string of the molecule is O=C(O)CCC(=O)Cc1cccc(-c2ccccc2)n1. The Morgan fingerprint density at radius 1 is 0.950 bits per heavy atom. The highest BCUT2D eigenvalue weighted by atomic mass is 16.4. The monoisotopic (exact) mass is 269 g/mol. The lowest BCUT2D eigenvalue weighted by molar-refractivity contribution is -0.138. The van der Waals surface area contributed by atoms with Gasteiger partial charge in [0.15, 0.2) is 0 Å². The first-order valence-electron chi connectivity index (χ1n) is 6.40. The van der Waals surface area contributed by atoms with Gasteiger partial charge in [-0.05, 0) is 12.1 Å². The molecule has 2 rings (SSSR count). The van der Waals surface area contributed by atoms with E-state index >= 15 is 0 Å². The fourth-order valence-corrected chi connectivity index (χ4v) is 1.88. The number of carbonyl (C=O) groups excluding carboxylic acids is 1. The van der Waals surface area contributed by atoms with E-state index in [1.54, 1.807) is 6.07 Å². The molecule has 0 unspecified atom stereocenters. The van der Waals surface area contributed by atoms with E-state index < -0.39 is 5.97 Å². The molecule has 4 nitrogen and oxygen atoms in total. The first-order valence-corrected chi connectivity index (χ1v) is 6.40. The van der Waals surface area contributed by atoms with Crippen molar-refractivity contribution in [3.63, 3.8) is 0 Å². The number of benzene rings is 1. The highest BCUT2D eigenvalue weighted by Gasteiger charge is 2.08. The quantitative estimate of drug-likeness (QED) is 0.875. The minimum Gasteiger partial charge on any atom is -0.481 e. The Hall–Kier alpha value is -2.49. The van der Waals surface area contributed by atoms with Crippen molar-refractivity contribution in [2.24, 2.45) is 0 Å². The maximum atomic E-state index is 11.7. The fraction of sp³-hybridized carbons (Fsp3) is 0.188. The average Bonchev–Trinajstić information content (AvgIpc) is 2.46. The van der Waals surface area contributed by atoms with Crippen LogP contribution in [-0.4, -0.2) is 21.8 Å². The number of Topliss-reactive ketones (excluding diaryl/α,β-unsaturated/α-hetero) is 1. The summed E-state index contributed by atoms with van der Waals surface area (Å²) >= 11 is 0. The zero-order chi connectivity index (χ0) is 14.4. The van der Waals surface area contributed by atoms with Crippen LogP contribution < -0.4 is 0 Å². The lowest BCUT2D eigenvalue weighted by atomic mass is 10.1. The second-order valence-electron chi connectivity index (χ2n) is 4.49. The molecule has 0 amide bonds. The van der Waals surface area contributed by atoms with Crippen LogP contribution in [0.5, 0.6) is 0 Å². The van der Waals surface area contributed by atoms with E-state index in [1.165, 1.54) is 0 Å². The summed E-state index contributed by atoms with van der Waals surface area (Å²) in [5, 5.41) is 8.55. The predicted molar refractivity (Wildman–Crippen MR) is 75.3 cm³/mol. The van der Waals surface area contributed by atoms with E-state index in [0.29, 0.717) is 5.69 Å². The fourth-order valence-electron chi connectivity index (χ4n) is 1.88. The van der Waals surface area contributed by atoms with Crippen molar-refractivity contribution in [2.45, 2.75) is 19.3 Å². The van der Waals surface area contributed by atoms with E-state index in [9.17, 15) is 9.59 Å². The average molecular weight is 269 g/mol. The van der Waals surface area contributed by atoms with Gasteiger partial charge < -0.3 is 5.11 Å². The third kappa shape index (κ3) is 4.02. The number of carboxylic acid groups (broad SMARTS) is 1. The van der Waals surface area contributed by atoms with Crippen LogP contribution in [0.25, 0.3) is 11.3 Å². The van der Waals surface area contributed by atoms with Gasteiger partial charge in [0.25, 0.3) is 0 Å². The predicted octanol–water partition coefficient (Wildman–Crippen LogP) is 2.73. The summed E-state index contributed by atoms with van der Waals surface area (Å²) in [5.41, 5.74) is 2.48. The van der Waals surface area contributed by atoms with Gasteiger partial charge in [-0.25, -0.2) is 0 Å². The third-order valence-corrected chi connectivity index (χ3v) is 2.87. The molecule has 0 spiro atoms. The van der Waals surface area contributed by atoms with Crippen molar-refractivity contribution in [1.82, 2.24) is 4.98 Å². The Bertz CT molecular complexity index is 608. The van der Waals surface area contributed by atoms with Gasteiger partial charge in [-0.2, -0.15) is 0 Å². The smallest absolute Gasteiger partial charge is 0.303 e. The van der Waals surface area contributed by atoms with Crippen LogP contribution in [-0.2, 0) is 16.0 Å². The molecule has 1 aromatic carbocycles. The van der Waals surface area contributed by atoms with E-state index in [1.807, 2.05) is 42.5 Å². The Kier molecular flexibility index (Phi) is 4.60. The largest absolute Gasteiger partial charge is 0.481 e. The number of rotatable bonds is 6. The molecule has 0 aliphatic heterocycles. The molecule has 2 aromatic rings. The first-order chi connectivity index (χ1) is 9.65. The van der Waals surface area contributed by atoms with Crippen LogP contribution in [0.2, 0.25) is 0 Å². The molecule has 0 radical (unpaired) electrons. The van der Waals surface area contributed by atoms with Gasteiger partial charge in [0.1, 0.15) is 5.78 Å². The standard InChI is InChI=1S/C16H15NO3/c18-14(9-10-16(19)20)11-13-7-4-8-15(17-13)12-5-2-1-3-6-12/h1-8H,9-11H2,(H,19,20). The number of hydrogen-bond acceptors (Lipinski definition) is 3. The summed E-state index contributed by atoms with van der Waals surface area (Å²) in [7, 11) is 0. The molecule has 1 heterocycles. The minimum absolute atomic E-state index is 0.0482. The molecule has 0 aliphatic carbocycles. The maximum absolute atomic E-state index is 11.7. The number of ketones is 1. The van der Waals surface area contributed by atoms with Crippen LogP contribution in [0.4, 0.5) is 0 Å². The molecule has 0 bridgehead atoms. The molecule has 0 aliphatic rings. The molecule has 1 aromatic heterocycles. The van der Waals surface area contributed by atoms with Crippen molar-refractivity contribution in [1.29, 1.82) is 0 Å². The number of pyridine rings is 1. The minimum atomic E-state index is -0.954. The van der Waals surface area contributed by atoms with E-state index in [0.717, 1.165) is 11.3 Å². The highest BCUT2D eigenvalue weighted by Crippen LogP contribution is 2.16. The number of aliphatic carboxylic acids is 1. The lowest BCUT2D eigenvalue weighted by Crippen LogP contribution is -2.07. The molecule has 0 fully saturated rings. The van der Waals surface area contributed by atoms with Gasteiger partial charge in [-0.15, -0.1) is 0 Å². The van der Waals surface area contributed by atoms with E-state index in [4.69, 9.17) is 5.11 Å². The molecule has 0 saturated carbocycles. The van der Waals surface area contributed by atoms with Crippen molar-refractivity contribution >= 4 is 11.8 Å². The summed E-state index contributed by atoms with van der Waals surface area (Å²) in [6.45, 7) is 0. The number of hydrogen-bond donors (Lipinski definition) is 1. The topological polar surface area (TPSA) is 67.3 Å². The third-order valence-electron chi connectivity index (χ3n) is 2.87. The molecular weight excluding hydrogens is 254 g/mol. The van der Waals surface area contributed by atoms with Crippen LogP contribution in [0.1, 0.15) is 18.5 Å². The van der Waals surface area contributed by atoms with Crippen molar-refractivity contribution < 1.29 is 14.7 Å². The van der Waals surface area contributed by atoms with Gasteiger partial charge in [0.2, 0.25) is 0 Å². The number of carboxylic acids is 1. The van der Waals surface area contributed by atoms with Crippen molar-refractivity contribution in [3.05, 3.63) is 54.2 Å². The van der Waals surface area contributed by atoms with Gasteiger partial charge in [-0.3, -0.25) is 14.6 Å². The van der Waals surface area contributed by atoms with E-state index in [-0.39, 0.29) is 25.0 Å². The summed E-state index contributed by atoms with van der Waals surface area (Å²) < 4.78 is 0. The number of aromatic nitrogens is 1. The van der Waals surface area contributed by atoms with Gasteiger partial charge in [-0.1, -0.05) is 36.4 Å². The Balaban J connectivity index is 2.07. The zero-order valence-electron chi connectivity index (χ0n) is 11.0. The van der Waals surface area contributed by atoms with Crippen LogP contribution >= 0.6 is 0 Å². The number of carbonyl (C=O) groups is 2. The van der Waals surface area contributed by atoms with E-state index in [2.05, 4.69) is 4.98 Å². The van der Waals surface area contributed by atoms with Crippen LogP contribution in [0, 0.1) is 0 Å². The second kappa shape index (κ2) is 6.61. The first kappa shape index (κ1) is 13.9. The zero-order valence-corrected chi connectivity index (χ0v) is 11.0. The maximum Gasteiger partial charge on any atom is 0.303 e. The Morgan fingerprint density at radius 3 is 2.40 bits per heavy atom. The lowest BCUT2D eigenvalue weighted by Gasteiger charge is -2.04. The summed E-state index contributed by atoms with van der Waals surface area (Å²) in [6, 6.07) is 15.2.